The first-order valence-electron chi connectivity index (χ1n) is 6.10. The minimum absolute atomic E-state index is 0.00990. The summed E-state index contributed by atoms with van der Waals surface area (Å²) in [6, 6.07) is 13.5. The molecule has 19 heavy (non-hydrogen) atoms. The molecule has 1 aromatic heterocycles. The fourth-order valence-electron chi connectivity index (χ4n) is 1.79. The van der Waals surface area contributed by atoms with E-state index in [-0.39, 0.29) is 11.9 Å². The third-order valence-electron chi connectivity index (χ3n) is 2.82. The Hall–Kier alpha value is -1.68. The molecule has 1 atom stereocenters. The van der Waals surface area contributed by atoms with Crippen LogP contribution in [0.4, 0.5) is 0 Å². The van der Waals surface area contributed by atoms with Gasteiger partial charge in [-0.3, -0.25) is 9.78 Å². The van der Waals surface area contributed by atoms with E-state index in [9.17, 15) is 4.79 Å². The van der Waals surface area contributed by atoms with Gasteiger partial charge in [-0.05, 0) is 36.8 Å². The summed E-state index contributed by atoms with van der Waals surface area (Å²) in [5, 5.41) is 2.97. The number of hydrogen-bond acceptors (Lipinski definition) is 2. The van der Waals surface area contributed by atoms with Crippen molar-refractivity contribution < 1.29 is 4.79 Å². The first-order valence-corrected chi connectivity index (χ1v) is 6.89. The predicted octanol–water partition coefficient (Wildman–Crippen LogP) is 3.26. The number of amides is 1. The van der Waals surface area contributed by atoms with E-state index in [0.717, 1.165) is 15.7 Å². The molecule has 1 N–H and O–H groups in total. The summed E-state index contributed by atoms with van der Waals surface area (Å²) in [5.41, 5.74) is 1.86. The fourth-order valence-corrected chi connectivity index (χ4v) is 2.06. The lowest BCUT2D eigenvalue weighted by molar-refractivity contribution is -0.121. The van der Waals surface area contributed by atoms with Crippen molar-refractivity contribution >= 4 is 21.8 Å². The molecule has 1 amide bonds. The molecule has 0 aliphatic carbocycles. The van der Waals surface area contributed by atoms with E-state index in [1.165, 1.54) is 0 Å². The second kappa shape index (κ2) is 6.48. The van der Waals surface area contributed by atoms with Crippen LogP contribution in [0.15, 0.2) is 53.1 Å². The number of benzene rings is 1. The van der Waals surface area contributed by atoms with Crippen molar-refractivity contribution in [2.24, 2.45) is 0 Å². The number of carbonyl (C=O) groups excluding carboxylic acids is 1. The van der Waals surface area contributed by atoms with E-state index in [4.69, 9.17) is 0 Å². The summed E-state index contributed by atoms with van der Waals surface area (Å²) in [7, 11) is 0. The van der Waals surface area contributed by atoms with Gasteiger partial charge < -0.3 is 5.32 Å². The number of carbonyl (C=O) groups is 1. The summed E-state index contributed by atoms with van der Waals surface area (Å²) in [6.07, 6.45) is 2.00. The topological polar surface area (TPSA) is 42.0 Å². The van der Waals surface area contributed by atoms with Crippen LogP contribution in [-0.4, -0.2) is 10.9 Å². The first-order chi connectivity index (χ1) is 9.15. The molecule has 1 aromatic carbocycles. The zero-order chi connectivity index (χ0) is 13.7. The molecule has 4 heteroatoms. The molecular formula is C15H15BrN2O. The maximum absolute atomic E-state index is 11.9. The van der Waals surface area contributed by atoms with Crippen molar-refractivity contribution in [2.75, 3.05) is 0 Å². The number of nitrogens with one attached hydrogen (secondary N) is 1. The molecule has 1 heterocycles. The lowest BCUT2D eigenvalue weighted by Crippen LogP contribution is -2.28. The molecular weight excluding hydrogens is 304 g/mol. The van der Waals surface area contributed by atoms with Crippen LogP contribution >= 0.6 is 15.9 Å². The third kappa shape index (κ3) is 4.17. The van der Waals surface area contributed by atoms with Gasteiger partial charge in [-0.1, -0.05) is 34.1 Å². The van der Waals surface area contributed by atoms with Crippen LogP contribution in [0.3, 0.4) is 0 Å². The van der Waals surface area contributed by atoms with Crippen LogP contribution in [-0.2, 0) is 11.2 Å². The highest BCUT2D eigenvalue weighted by Crippen LogP contribution is 2.16. The molecule has 0 saturated heterocycles. The van der Waals surface area contributed by atoms with Gasteiger partial charge in [0.25, 0.3) is 0 Å². The summed E-state index contributed by atoms with van der Waals surface area (Å²) < 4.78 is 1.03. The second-order valence-electron chi connectivity index (χ2n) is 4.34. The number of halogens is 1. The van der Waals surface area contributed by atoms with E-state index in [2.05, 4.69) is 26.2 Å². The summed E-state index contributed by atoms with van der Waals surface area (Å²) in [4.78, 5) is 16.0. The number of aromatic nitrogens is 1. The minimum Gasteiger partial charge on any atom is -0.349 e. The van der Waals surface area contributed by atoms with Crippen molar-refractivity contribution in [2.45, 2.75) is 19.4 Å². The highest BCUT2D eigenvalue weighted by atomic mass is 79.9. The van der Waals surface area contributed by atoms with Crippen molar-refractivity contribution in [3.05, 3.63) is 64.4 Å². The summed E-state index contributed by atoms with van der Waals surface area (Å²) in [5.74, 6) is -0.0193. The van der Waals surface area contributed by atoms with Crippen molar-refractivity contribution in [3.8, 4) is 0 Å². The SMILES string of the molecule is CC(NC(=O)Cc1ccccn1)c1ccc(Br)cc1. The molecule has 0 fully saturated rings. The standard InChI is InChI=1S/C15H15BrN2O/c1-11(12-5-7-13(16)8-6-12)18-15(19)10-14-4-2-3-9-17-14/h2-9,11H,10H2,1H3,(H,18,19). The van der Waals surface area contributed by atoms with E-state index >= 15 is 0 Å². The van der Waals surface area contributed by atoms with Crippen molar-refractivity contribution in [1.82, 2.24) is 10.3 Å². The highest BCUT2D eigenvalue weighted by molar-refractivity contribution is 9.10. The zero-order valence-electron chi connectivity index (χ0n) is 10.6. The quantitative estimate of drug-likeness (QED) is 0.940. The van der Waals surface area contributed by atoms with E-state index < -0.39 is 0 Å². The van der Waals surface area contributed by atoms with E-state index in [1.807, 2.05) is 49.4 Å². The molecule has 0 aliphatic heterocycles. The monoisotopic (exact) mass is 318 g/mol. The molecule has 0 spiro atoms. The zero-order valence-corrected chi connectivity index (χ0v) is 12.2. The Morgan fingerprint density at radius 1 is 1.26 bits per heavy atom. The third-order valence-corrected chi connectivity index (χ3v) is 3.34. The average Bonchev–Trinajstić information content (AvgIpc) is 2.40. The Bertz CT molecular complexity index is 540. The maximum atomic E-state index is 11.9. The van der Waals surface area contributed by atoms with Gasteiger partial charge in [-0.25, -0.2) is 0 Å². The average molecular weight is 319 g/mol. The van der Waals surface area contributed by atoms with E-state index in [0.29, 0.717) is 6.42 Å². The summed E-state index contributed by atoms with van der Waals surface area (Å²) in [6.45, 7) is 1.97. The molecule has 0 radical (unpaired) electrons. The van der Waals surface area contributed by atoms with Crippen molar-refractivity contribution in [3.63, 3.8) is 0 Å². The van der Waals surface area contributed by atoms with Crippen molar-refractivity contribution in [1.29, 1.82) is 0 Å². The Morgan fingerprint density at radius 2 is 2.00 bits per heavy atom. The van der Waals surface area contributed by atoms with Gasteiger partial charge in [0, 0.05) is 16.4 Å². The Balaban J connectivity index is 1.93. The van der Waals surface area contributed by atoms with Crippen LogP contribution in [0.2, 0.25) is 0 Å². The number of hydrogen-bond donors (Lipinski definition) is 1. The largest absolute Gasteiger partial charge is 0.349 e. The molecule has 98 valence electrons. The number of nitrogens with zero attached hydrogens (tertiary/aromatic N) is 1. The molecule has 0 saturated carbocycles. The molecule has 0 bridgehead atoms. The van der Waals surface area contributed by atoms with Crippen LogP contribution in [0.1, 0.15) is 24.2 Å². The second-order valence-corrected chi connectivity index (χ2v) is 5.25. The summed E-state index contributed by atoms with van der Waals surface area (Å²) >= 11 is 3.39. The van der Waals surface area contributed by atoms with Gasteiger partial charge in [0.1, 0.15) is 0 Å². The van der Waals surface area contributed by atoms with Gasteiger partial charge in [0.2, 0.25) is 5.91 Å². The normalized spacial score (nSPS) is 11.9. The molecule has 0 aliphatic rings. The van der Waals surface area contributed by atoms with Gasteiger partial charge >= 0.3 is 0 Å². The minimum atomic E-state index is -0.0193. The molecule has 1 unspecified atom stereocenters. The van der Waals surface area contributed by atoms with Gasteiger partial charge in [0.05, 0.1) is 12.5 Å². The van der Waals surface area contributed by atoms with E-state index in [1.54, 1.807) is 6.20 Å². The predicted molar refractivity (Wildman–Crippen MR) is 78.6 cm³/mol. The van der Waals surface area contributed by atoms with Gasteiger partial charge in [-0.2, -0.15) is 0 Å². The number of rotatable bonds is 4. The lowest BCUT2D eigenvalue weighted by atomic mass is 10.1. The van der Waals surface area contributed by atoms with Crippen LogP contribution < -0.4 is 5.32 Å². The first kappa shape index (κ1) is 13.7. The van der Waals surface area contributed by atoms with Gasteiger partial charge in [-0.15, -0.1) is 0 Å². The van der Waals surface area contributed by atoms with Crippen LogP contribution in [0.5, 0.6) is 0 Å². The molecule has 3 nitrogen and oxygen atoms in total. The fraction of sp³-hybridized carbons (Fsp3) is 0.200. The Morgan fingerprint density at radius 3 is 2.63 bits per heavy atom. The van der Waals surface area contributed by atoms with Crippen LogP contribution in [0, 0.1) is 0 Å². The maximum Gasteiger partial charge on any atom is 0.226 e. The number of pyridine rings is 1. The molecule has 2 rings (SSSR count). The molecule has 2 aromatic rings. The Labute approximate surface area is 121 Å². The van der Waals surface area contributed by atoms with Crippen LogP contribution in [0.25, 0.3) is 0 Å². The highest BCUT2D eigenvalue weighted by Gasteiger charge is 2.10. The lowest BCUT2D eigenvalue weighted by Gasteiger charge is -2.14. The van der Waals surface area contributed by atoms with Gasteiger partial charge in [0.15, 0.2) is 0 Å². The Kier molecular flexibility index (Phi) is 4.68. The smallest absolute Gasteiger partial charge is 0.226 e.